The van der Waals surface area contributed by atoms with Crippen molar-refractivity contribution in [3.05, 3.63) is 71.8 Å². The molecule has 7 rings (SSSR count). The van der Waals surface area contributed by atoms with Crippen LogP contribution < -0.4 is 20.1 Å². The fourth-order valence-electron chi connectivity index (χ4n) is 7.61. The van der Waals surface area contributed by atoms with E-state index in [2.05, 4.69) is 34.9 Å². The van der Waals surface area contributed by atoms with E-state index in [1.807, 2.05) is 24.3 Å². The Bertz CT molecular complexity index is 1280. The van der Waals surface area contributed by atoms with Gasteiger partial charge in [-0.1, -0.05) is 12.1 Å². The van der Waals surface area contributed by atoms with Gasteiger partial charge in [0.15, 0.2) is 0 Å². The Morgan fingerprint density at radius 2 is 1.26 bits per heavy atom. The highest BCUT2D eigenvalue weighted by Crippen LogP contribution is 2.60. The number of ether oxygens (including phenoxy) is 3. The average Bonchev–Trinajstić information content (AvgIpc) is 2.93. The molecule has 0 saturated heterocycles. The third-order valence-corrected chi connectivity index (χ3v) is 8.91. The molecule has 0 heterocycles. The lowest BCUT2D eigenvalue weighted by Crippen LogP contribution is -2.48. The topological polar surface area (TPSA) is 68.8 Å². The van der Waals surface area contributed by atoms with Crippen LogP contribution in [0.5, 0.6) is 11.5 Å². The van der Waals surface area contributed by atoms with E-state index in [0.29, 0.717) is 28.2 Å². The van der Waals surface area contributed by atoms with E-state index < -0.39 is 5.97 Å². The molecule has 0 atom stereocenters. The molecule has 0 aliphatic heterocycles. The fraction of sp³-hybridized carbons (Fsp3) is 0.406. The van der Waals surface area contributed by atoms with E-state index >= 15 is 0 Å². The maximum absolute atomic E-state index is 12.5. The summed E-state index contributed by atoms with van der Waals surface area (Å²) in [5, 5.41) is 6.84. The standard InChI is InChI=1S/C32H36N2O4/c1-36-27-15-28(30(31(35)38-3)29(16-27)37-2)34-26-10-8-25(9-11-26)33-24-6-4-23(5-7-24)32-17-20-12-21(18-32)14-22(13-20)19-32/h4-11,15-16,20-22,33-34H,12-14,17-19H2,1-3H3. The zero-order valence-corrected chi connectivity index (χ0v) is 22.4. The number of carbonyl (C=O) groups excluding carboxylic acids is 1. The molecule has 0 radical (unpaired) electrons. The van der Waals surface area contributed by atoms with Gasteiger partial charge in [0, 0.05) is 29.2 Å². The second kappa shape index (κ2) is 9.90. The van der Waals surface area contributed by atoms with Crippen LogP contribution in [0.25, 0.3) is 0 Å². The Morgan fingerprint density at radius 3 is 1.76 bits per heavy atom. The first-order valence-corrected chi connectivity index (χ1v) is 13.6. The molecular weight excluding hydrogens is 476 g/mol. The van der Waals surface area contributed by atoms with Crippen molar-refractivity contribution in [1.29, 1.82) is 0 Å². The van der Waals surface area contributed by atoms with Gasteiger partial charge in [0.1, 0.15) is 17.1 Å². The van der Waals surface area contributed by atoms with Crippen LogP contribution in [-0.2, 0) is 10.2 Å². The minimum atomic E-state index is -0.484. The molecular formula is C32H36N2O4. The van der Waals surface area contributed by atoms with E-state index in [4.69, 9.17) is 14.2 Å². The summed E-state index contributed by atoms with van der Waals surface area (Å²) in [4.78, 5) is 12.5. The van der Waals surface area contributed by atoms with Crippen molar-refractivity contribution in [2.24, 2.45) is 17.8 Å². The van der Waals surface area contributed by atoms with Gasteiger partial charge in [-0.25, -0.2) is 4.79 Å². The molecule has 38 heavy (non-hydrogen) atoms. The van der Waals surface area contributed by atoms with Crippen molar-refractivity contribution in [2.45, 2.75) is 43.9 Å². The first kappa shape index (κ1) is 24.7. The molecule has 4 bridgehead atoms. The van der Waals surface area contributed by atoms with E-state index in [1.165, 1.54) is 58.3 Å². The predicted molar refractivity (Wildman–Crippen MR) is 150 cm³/mol. The monoisotopic (exact) mass is 512 g/mol. The SMILES string of the molecule is COC(=O)c1c(Nc2ccc(Nc3ccc(C45CC6CC(CC(C6)C4)C5)cc3)cc2)cc(OC)cc1OC. The summed E-state index contributed by atoms with van der Waals surface area (Å²) < 4.78 is 15.8. The van der Waals surface area contributed by atoms with Crippen molar-refractivity contribution in [3.8, 4) is 11.5 Å². The smallest absolute Gasteiger partial charge is 0.343 e. The van der Waals surface area contributed by atoms with Crippen LogP contribution in [0.15, 0.2) is 60.7 Å². The van der Waals surface area contributed by atoms with E-state index in [1.54, 1.807) is 19.2 Å². The third kappa shape index (κ3) is 4.57. The van der Waals surface area contributed by atoms with Gasteiger partial charge in [-0.15, -0.1) is 0 Å². The van der Waals surface area contributed by atoms with Gasteiger partial charge in [-0.3, -0.25) is 0 Å². The maximum atomic E-state index is 12.5. The number of rotatable bonds is 8. The first-order valence-electron chi connectivity index (χ1n) is 13.6. The largest absolute Gasteiger partial charge is 0.497 e. The number of esters is 1. The maximum Gasteiger partial charge on any atom is 0.343 e. The second-order valence-corrected chi connectivity index (χ2v) is 11.3. The Kier molecular flexibility index (Phi) is 6.42. The van der Waals surface area contributed by atoms with Crippen LogP contribution in [0.3, 0.4) is 0 Å². The zero-order chi connectivity index (χ0) is 26.3. The van der Waals surface area contributed by atoms with E-state index in [9.17, 15) is 4.79 Å². The van der Waals surface area contributed by atoms with Crippen molar-refractivity contribution in [2.75, 3.05) is 32.0 Å². The Hall–Kier alpha value is -3.67. The molecule has 4 fully saturated rings. The highest BCUT2D eigenvalue weighted by atomic mass is 16.5. The highest BCUT2D eigenvalue weighted by molar-refractivity contribution is 6.00. The van der Waals surface area contributed by atoms with Crippen LogP contribution in [0.1, 0.15) is 54.4 Å². The Morgan fingerprint density at radius 1 is 0.737 bits per heavy atom. The fourth-order valence-corrected chi connectivity index (χ4v) is 7.61. The summed E-state index contributed by atoms with van der Waals surface area (Å²) in [6, 6.07) is 20.6. The third-order valence-electron chi connectivity index (χ3n) is 8.91. The van der Waals surface area contributed by atoms with Crippen molar-refractivity contribution >= 4 is 28.7 Å². The minimum absolute atomic E-state index is 0.317. The number of carbonyl (C=O) groups is 1. The van der Waals surface area contributed by atoms with Crippen LogP contribution >= 0.6 is 0 Å². The summed E-state index contributed by atoms with van der Waals surface area (Å²) in [6.07, 6.45) is 8.57. The number of hydrogen-bond donors (Lipinski definition) is 2. The quantitative estimate of drug-likeness (QED) is 0.306. The number of nitrogens with one attached hydrogen (secondary N) is 2. The molecule has 0 amide bonds. The van der Waals surface area contributed by atoms with Crippen LogP contribution in [0, 0.1) is 17.8 Å². The predicted octanol–water partition coefficient (Wildman–Crippen LogP) is 7.45. The van der Waals surface area contributed by atoms with E-state index in [-0.39, 0.29) is 0 Å². The van der Waals surface area contributed by atoms with Gasteiger partial charge in [-0.2, -0.15) is 0 Å². The molecule has 6 heteroatoms. The van der Waals surface area contributed by atoms with E-state index in [0.717, 1.165) is 34.8 Å². The molecule has 3 aromatic carbocycles. The van der Waals surface area contributed by atoms with Crippen LogP contribution in [0.2, 0.25) is 0 Å². The minimum Gasteiger partial charge on any atom is -0.497 e. The molecule has 6 nitrogen and oxygen atoms in total. The Balaban J connectivity index is 1.16. The molecule has 4 saturated carbocycles. The van der Waals surface area contributed by atoms with Gasteiger partial charge in [-0.05, 0) is 104 Å². The molecule has 0 unspecified atom stereocenters. The van der Waals surface area contributed by atoms with Crippen molar-refractivity contribution < 1.29 is 19.0 Å². The van der Waals surface area contributed by atoms with Gasteiger partial charge >= 0.3 is 5.97 Å². The van der Waals surface area contributed by atoms with Gasteiger partial charge < -0.3 is 24.8 Å². The molecule has 4 aliphatic carbocycles. The number of anilines is 4. The summed E-state index contributed by atoms with van der Waals surface area (Å²) >= 11 is 0. The molecule has 2 N–H and O–H groups in total. The second-order valence-electron chi connectivity index (χ2n) is 11.3. The lowest BCUT2D eigenvalue weighted by molar-refractivity contribution is -0.00518. The number of methoxy groups -OCH3 is 3. The van der Waals surface area contributed by atoms with Crippen molar-refractivity contribution in [1.82, 2.24) is 0 Å². The number of benzene rings is 3. The molecule has 4 aliphatic rings. The van der Waals surface area contributed by atoms with Crippen molar-refractivity contribution in [3.63, 3.8) is 0 Å². The Labute approximate surface area is 224 Å². The lowest BCUT2D eigenvalue weighted by Gasteiger charge is -2.57. The van der Waals surface area contributed by atoms with Gasteiger partial charge in [0.05, 0.1) is 27.0 Å². The first-order chi connectivity index (χ1) is 18.5. The lowest BCUT2D eigenvalue weighted by atomic mass is 9.48. The molecule has 3 aromatic rings. The molecule has 0 aromatic heterocycles. The van der Waals surface area contributed by atoms with Gasteiger partial charge in [0.2, 0.25) is 0 Å². The normalized spacial score (nSPS) is 25.1. The summed E-state index contributed by atoms with van der Waals surface area (Å²) in [5.41, 5.74) is 5.74. The summed E-state index contributed by atoms with van der Waals surface area (Å²) in [6.45, 7) is 0. The number of hydrogen-bond acceptors (Lipinski definition) is 6. The molecule has 0 spiro atoms. The average molecular weight is 513 g/mol. The van der Waals surface area contributed by atoms with Gasteiger partial charge in [0.25, 0.3) is 0 Å². The van der Waals surface area contributed by atoms with Crippen LogP contribution in [-0.4, -0.2) is 27.3 Å². The van der Waals surface area contributed by atoms with Crippen LogP contribution in [0.4, 0.5) is 22.7 Å². The summed E-state index contributed by atoms with van der Waals surface area (Å²) in [7, 11) is 4.44. The highest BCUT2D eigenvalue weighted by Gasteiger charge is 2.51. The zero-order valence-electron chi connectivity index (χ0n) is 22.4. The molecule has 198 valence electrons. The summed E-state index contributed by atoms with van der Waals surface area (Å²) in [5.74, 6) is 3.33.